The number of nitrogens with zero attached hydrogens (tertiary/aromatic N) is 1. The van der Waals surface area contributed by atoms with Crippen molar-refractivity contribution in [3.63, 3.8) is 0 Å². The second kappa shape index (κ2) is 15.7. The number of carboxylic acids is 1. The molecule has 0 aromatic carbocycles. The van der Waals surface area contributed by atoms with E-state index in [0.29, 0.717) is 13.2 Å². The van der Waals surface area contributed by atoms with E-state index in [4.69, 9.17) is 9.84 Å². The normalized spacial score (nSPS) is 16.2. The average Bonchev–Trinajstić information content (AvgIpc) is 2.71. The molecule has 2 N–H and O–H groups in total. The Labute approximate surface area is 179 Å². The van der Waals surface area contributed by atoms with Gasteiger partial charge in [0.2, 0.25) is 11.8 Å². The lowest BCUT2D eigenvalue weighted by atomic mass is 10.1. The lowest BCUT2D eigenvalue weighted by Crippen LogP contribution is -2.57. The Kier molecular flexibility index (Phi) is 13.5. The van der Waals surface area contributed by atoms with Crippen LogP contribution in [0.4, 0.5) is 0 Å². The van der Waals surface area contributed by atoms with Gasteiger partial charge in [-0.3, -0.25) is 19.2 Å². The van der Waals surface area contributed by atoms with Crippen molar-refractivity contribution in [2.24, 2.45) is 0 Å². The zero-order valence-corrected chi connectivity index (χ0v) is 18.3. The van der Waals surface area contributed by atoms with Crippen molar-refractivity contribution < 1.29 is 29.0 Å². The number of amides is 2. The number of rotatable bonds is 16. The number of aliphatic carboxylic acids is 1. The van der Waals surface area contributed by atoms with E-state index < -0.39 is 29.8 Å². The molecule has 0 aliphatic carbocycles. The third kappa shape index (κ3) is 11.2. The van der Waals surface area contributed by atoms with Gasteiger partial charge in [0.05, 0.1) is 19.4 Å². The van der Waals surface area contributed by atoms with E-state index in [2.05, 4.69) is 12.2 Å². The van der Waals surface area contributed by atoms with Crippen molar-refractivity contribution in [2.45, 2.75) is 96.4 Å². The summed E-state index contributed by atoms with van der Waals surface area (Å²) in [7, 11) is 0. The highest BCUT2D eigenvalue weighted by molar-refractivity contribution is 5.92. The van der Waals surface area contributed by atoms with Gasteiger partial charge in [0, 0.05) is 19.5 Å². The van der Waals surface area contributed by atoms with Crippen LogP contribution in [0.1, 0.15) is 90.4 Å². The molecule has 8 heteroatoms. The topological polar surface area (TPSA) is 113 Å². The number of esters is 1. The summed E-state index contributed by atoms with van der Waals surface area (Å²) in [4.78, 5) is 48.4. The molecule has 0 saturated carbocycles. The first kappa shape index (κ1) is 25.9. The van der Waals surface area contributed by atoms with Crippen LogP contribution in [0.3, 0.4) is 0 Å². The number of piperazine rings is 1. The highest BCUT2D eigenvalue weighted by Gasteiger charge is 2.35. The molecule has 1 fully saturated rings. The van der Waals surface area contributed by atoms with Gasteiger partial charge in [-0.1, -0.05) is 64.7 Å². The molecular weight excluding hydrogens is 388 g/mol. The van der Waals surface area contributed by atoms with Crippen LogP contribution in [0.15, 0.2) is 0 Å². The Morgan fingerprint density at radius 3 is 2.20 bits per heavy atom. The van der Waals surface area contributed by atoms with E-state index in [1.54, 1.807) is 0 Å². The van der Waals surface area contributed by atoms with E-state index in [-0.39, 0.29) is 25.8 Å². The van der Waals surface area contributed by atoms with Crippen LogP contribution >= 0.6 is 0 Å². The quantitative estimate of drug-likeness (QED) is 0.290. The van der Waals surface area contributed by atoms with Gasteiger partial charge in [-0.05, 0) is 6.42 Å². The highest BCUT2D eigenvalue weighted by atomic mass is 16.5. The van der Waals surface area contributed by atoms with Gasteiger partial charge in [0.25, 0.3) is 0 Å². The number of unbranched alkanes of at least 4 members (excludes halogenated alkanes) is 9. The van der Waals surface area contributed by atoms with Crippen molar-refractivity contribution in [1.29, 1.82) is 0 Å². The molecule has 1 atom stereocenters. The van der Waals surface area contributed by atoms with E-state index in [9.17, 15) is 19.2 Å². The summed E-state index contributed by atoms with van der Waals surface area (Å²) >= 11 is 0. The zero-order chi connectivity index (χ0) is 22.2. The molecule has 1 aliphatic heterocycles. The minimum atomic E-state index is -1.07. The van der Waals surface area contributed by atoms with Crippen molar-refractivity contribution in [3.05, 3.63) is 0 Å². The number of carbonyl (C=O) groups is 4. The van der Waals surface area contributed by atoms with Gasteiger partial charge >= 0.3 is 11.9 Å². The van der Waals surface area contributed by atoms with Crippen LogP contribution in [-0.4, -0.2) is 59.5 Å². The summed E-state index contributed by atoms with van der Waals surface area (Å²) in [5, 5.41) is 11.4. The Hall–Kier alpha value is -2.12. The van der Waals surface area contributed by atoms with Gasteiger partial charge in [-0.2, -0.15) is 0 Å². The van der Waals surface area contributed by atoms with E-state index >= 15 is 0 Å². The summed E-state index contributed by atoms with van der Waals surface area (Å²) < 4.78 is 5.24. The molecule has 1 heterocycles. The molecule has 30 heavy (non-hydrogen) atoms. The molecule has 1 aliphatic rings. The fraction of sp³-hybridized carbons (Fsp3) is 0.818. The van der Waals surface area contributed by atoms with Crippen LogP contribution in [0, 0.1) is 0 Å². The number of ether oxygens (including phenoxy) is 1. The van der Waals surface area contributed by atoms with Crippen LogP contribution in [0.5, 0.6) is 0 Å². The molecule has 0 radical (unpaired) electrons. The molecule has 1 saturated heterocycles. The molecule has 0 aromatic heterocycles. The first-order valence-electron chi connectivity index (χ1n) is 11.4. The molecule has 172 valence electrons. The van der Waals surface area contributed by atoms with Crippen molar-refractivity contribution >= 4 is 23.8 Å². The summed E-state index contributed by atoms with van der Waals surface area (Å²) in [6.07, 6.45) is 11.2. The summed E-state index contributed by atoms with van der Waals surface area (Å²) in [5.41, 5.74) is 0. The fourth-order valence-corrected chi connectivity index (χ4v) is 3.57. The minimum absolute atomic E-state index is 0.188. The molecule has 1 unspecified atom stereocenters. The van der Waals surface area contributed by atoms with Crippen molar-refractivity contribution in [1.82, 2.24) is 10.2 Å². The third-order valence-corrected chi connectivity index (χ3v) is 5.32. The van der Waals surface area contributed by atoms with Gasteiger partial charge in [0.15, 0.2) is 0 Å². The lowest BCUT2D eigenvalue weighted by molar-refractivity contribution is -0.152. The number of carbonyl (C=O) groups excluding carboxylic acids is 3. The monoisotopic (exact) mass is 426 g/mol. The standard InChI is InChI=1S/C22H38N2O6/c1-2-3-4-5-6-7-8-9-10-11-16-30-21(28)17-18-22(29)23-14-15-24(18)19(25)12-13-20(26)27/h18H,2-17H2,1H3,(H,23,29)(H,26,27). The van der Waals surface area contributed by atoms with E-state index in [1.807, 2.05) is 0 Å². The second-order valence-corrected chi connectivity index (χ2v) is 7.89. The molecule has 0 spiro atoms. The Morgan fingerprint density at radius 2 is 1.60 bits per heavy atom. The predicted octanol–water partition coefficient (Wildman–Crippen LogP) is 3.03. The minimum Gasteiger partial charge on any atom is -0.481 e. The predicted molar refractivity (Wildman–Crippen MR) is 113 cm³/mol. The molecular formula is C22H38N2O6. The number of hydrogen-bond donors (Lipinski definition) is 2. The maximum absolute atomic E-state index is 12.2. The highest BCUT2D eigenvalue weighted by Crippen LogP contribution is 2.14. The van der Waals surface area contributed by atoms with Gasteiger partial charge < -0.3 is 20.1 Å². The van der Waals surface area contributed by atoms with E-state index in [0.717, 1.165) is 19.3 Å². The largest absolute Gasteiger partial charge is 0.481 e. The van der Waals surface area contributed by atoms with Crippen LogP contribution < -0.4 is 5.32 Å². The smallest absolute Gasteiger partial charge is 0.308 e. The van der Waals surface area contributed by atoms with Gasteiger partial charge in [-0.25, -0.2) is 0 Å². The average molecular weight is 427 g/mol. The molecule has 0 aromatic rings. The van der Waals surface area contributed by atoms with Crippen LogP contribution in [0.25, 0.3) is 0 Å². The van der Waals surface area contributed by atoms with Crippen LogP contribution in [0.2, 0.25) is 0 Å². The maximum Gasteiger partial charge on any atom is 0.308 e. The zero-order valence-electron chi connectivity index (χ0n) is 18.3. The molecule has 8 nitrogen and oxygen atoms in total. The van der Waals surface area contributed by atoms with Gasteiger partial charge in [0.1, 0.15) is 6.04 Å². The van der Waals surface area contributed by atoms with Crippen LogP contribution in [-0.2, 0) is 23.9 Å². The number of carboxylic acid groups (broad SMARTS) is 1. The summed E-state index contributed by atoms with van der Waals surface area (Å²) in [6, 6.07) is -0.930. The number of nitrogens with one attached hydrogen (secondary N) is 1. The van der Waals surface area contributed by atoms with Crippen molar-refractivity contribution in [2.75, 3.05) is 19.7 Å². The summed E-state index contributed by atoms with van der Waals surface area (Å²) in [6.45, 7) is 3.09. The lowest BCUT2D eigenvalue weighted by Gasteiger charge is -2.34. The fourth-order valence-electron chi connectivity index (χ4n) is 3.57. The van der Waals surface area contributed by atoms with E-state index in [1.165, 1.54) is 49.8 Å². The Morgan fingerprint density at radius 1 is 1.00 bits per heavy atom. The Balaban J connectivity index is 2.21. The maximum atomic E-state index is 12.2. The Bertz CT molecular complexity index is 552. The molecule has 0 bridgehead atoms. The van der Waals surface area contributed by atoms with Crippen molar-refractivity contribution in [3.8, 4) is 0 Å². The second-order valence-electron chi connectivity index (χ2n) is 7.89. The molecule has 2 amide bonds. The SMILES string of the molecule is CCCCCCCCCCCCOC(=O)CC1C(=O)NCCN1C(=O)CCC(=O)O. The summed E-state index contributed by atoms with van der Waals surface area (Å²) in [5.74, 6) is -2.41. The van der Waals surface area contributed by atoms with Gasteiger partial charge in [-0.15, -0.1) is 0 Å². The first-order valence-corrected chi connectivity index (χ1v) is 11.4. The molecule has 1 rings (SSSR count). The first-order chi connectivity index (χ1) is 14.5. The number of hydrogen-bond acceptors (Lipinski definition) is 5. The third-order valence-electron chi connectivity index (χ3n) is 5.32.